The van der Waals surface area contributed by atoms with Crippen molar-refractivity contribution >= 4 is 11.9 Å². The molecule has 0 atom stereocenters. The van der Waals surface area contributed by atoms with Gasteiger partial charge in [0, 0.05) is 6.54 Å². The predicted octanol–water partition coefficient (Wildman–Crippen LogP) is 2.06. The first-order valence-electron chi connectivity index (χ1n) is 6.46. The number of phenolic OH excluding ortho intramolecular Hbond substituents is 1. The smallest absolute Gasteiger partial charge is 0.335 e. The van der Waals surface area contributed by atoms with Crippen LogP contribution in [0.3, 0.4) is 0 Å². The quantitative estimate of drug-likeness (QED) is 0.784. The first-order valence-corrected chi connectivity index (χ1v) is 6.46. The molecule has 0 bridgehead atoms. The maximum absolute atomic E-state index is 11.9. The highest BCUT2D eigenvalue weighted by Crippen LogP contribution is 2.15. The fourth-order valence-corrected chi connectivity index (χ4v) is 1.90. The molecule has 0 aromatic heterocycles. The van der Waals surface area contributed by atoms with Gasteiger partial charge >= 0.3 is 5.97 Å². The Kier molecular flexibility index (Phi) is 4.56. The third kappa shape index (κ3) is 3.82. The largest absolute Gasteiger partial charge is 0.507 e. The van der Waals surface area contributed by atoms with Gasteiger partial charge in [0.2, 0.25) is 0 Å². The first kappa shape index (κ1) is 14.6. The molecule has 2 aromatic carbocycles. The number of carboxylic acids is 1. The monoisotopic (exact) mass is 285 g/mol. The minimum absolute atomic E-state index is 0.0548. The molecule has 2 aromatic rings. The second kappa shape index (κ2) is 6.56. The average Bonchev–Trinajstić information content (AvgIpc) is 2.48. The number of aromatic carboxylic acids is 1. The lowest BCUT2D eigenvalue weighted by Crippen LogP contribution is -2.25. The number of aromatic hydroxyl groups is 1. The van der Waals surface area contributed by atoms with Crippen LogP contribution >= 0.6 is 0 Å². The van der Waals surface area contributed by atoms with E-state index >= 15 is 0 Å². The summed E-state index contributed by atoms with van der Waals surface area (Å²) in [6.45, 7) is 0.402. The number of carbonyl (C=O) groups is 2. The van der Waals surface area contributed by atoms with Gasteiger partial charge in [-0.1, -0.05) is 24.3 Å². The lowest BCUT2D eigenvalue weighted by molar-refractivity contribution is 0.0696. The molecule has 0 heterocycles. The standard InChI is InChI=1S/C16H15NO4/c18-14-4-2-1-3-13(14)15(19)17-10-9-11-5-7-12(8-6-11)16(20)21/h1-8,18H,9-10H2,(H,17,19)(H,20,21). The molecule has 0 aliphatic rings. The van der Waals surface area contributed by atoms with Crippen molar-refractivity contribution in [1.82, 2.24) is 5.32 Å². The maximum atomic E-state index is 11.9. The lowest BCUT2D eigenvalue weighted by Gasteiger charge is -2.07. The molecule has 21 heavy (non-hydrogen) atoms. The van der Waals surface area contributed by atoms with Gasteiger partial charge < -0.3 is 15.5 Å². The topological polar surface area (TPSA) is 86.6 Å². The van der Waals surface area contributed by atoms with Gasteiger partial charge in [-0.15, -0.1) is 0 Å². The van der Waals surface area contributed by atoms with E-state index in [1.807, 2.05) is 0 Å². The fourth-order valence-electron chi connectivity index (χ4n) is 1.90. The summed E-state index contributed by atoms with van der Waals surface area (Å²) in [4.78, 5) is 22.6. The van der Waals surface area contributed by atoms with Gasteiger partial charge in [0.25, 0.3) is 5.91 Å². The number of nitrogens with one attached hydrogen (secondary N) is 1. The van der Waals surface area contributed by atoms with Crippen molar-refractivity contribution in [2.45, 2.75) is 6.42 Å². The third-order valence-corrected chi connectivity index (χ3v) is 3.05. The van der Waals surface area contributed by atoms with Crippen LogP contribution in [0.2, 0.25) is 0 Å². The van der Waals surface area contributed by atoms with E-state index in [1.54, 1.807) is 30.3 Å². The molecule has 0 aliphatic heterocycles. The van der Waals surface area contributed by atoms with Crippen molar-refractivity contribution in [1.29, 1.82) is 0 Å². The van der Waals surface area contributed by atoms with Crippen molar-refractivity contribution in [3.63, 3.8) is 0 Å². The Bertz CT molecular complexity index is 650. The van der Waals surface area contributed by atoms with E-state index < -0.39 is 5.97 Å². The summed E-state index contributed by atoms with van der Waals surface area (Å²) in [6, 6.07) is 12.8. The highest BCUT2D eigenvalue weighted by atomic mass is 16.4. The molecule has 0 aliphatic carbocycles. The van der Waals surface area contributed by atoms with Gasteiger partial charge in [0.1, 0.15) is 5.75 Å². The van der Waals surface area contributed by atoms with E-state index in [1.165, 1.54) is 18.2 Å². The Morgan fingerprint density at radius 3 is 2.29 bits per heavy atom. The van der Waals surface area contributed by atoms with Crippen LogP contribution in [0.5, 0.6) is 5.75 Å². The Hall–Kier alpha value is -2.82. The summed E-state index contributed by atoms with van der Waals surface area (Å²) < 4.78 is 0. The van der Waals surface area contributed by atoms with Crippen molar-refractivity contribution < 1.29 is 19.8 Å². The normalized spacial score (nSPS) is 10.1. The second-order valence-corrected chi connectivity index (χ2v) is 4.53. The van der Waals surface area contributed by atoms with Crippen LogP contribution in [0.25, 0.3) is 0 Å². The fraction of sp³-hybridized carbons (Fsp3) is 0.125. The van der Waals surface area contributed by atoms with E-state index in [0.717, 1.165) is 5.56 Å². The number of hydrogen-bond donors (Lipinski definition) is 3. The molecule has 0 fully saturated rings. The number of benzene rings is 2. The Morgan fingerprint density at radius 1 is 1.00 bits per heavy atom. The van der Waals surface area contributed by atoms with E-state index in [4.69, 9.17) is 5.11 Å². The molecule has 5 nitrogen and oxygen atoms in total. The minimum atomic E-state index is -0.964. The van der Waals surface area contributed by atoms with Crippen LogP contribution < -0.4 is 5.32 Å². The summed E-state index contributed by atoms with van der Waals surface area (Å²) in [6.07, 6.45) is 0.583. The van der Waals surface area contributed by atoms with Crippen molar-refractivity contribution in [2.24, 2.45) is 0 Å². The summed E-state index contributed by atoms with van der Waals surface area (Å²) in [5.41, 5.74) is 1.40. The van der Waals surface area contributed by atoms with Crippen molar-refractivity contribution in [3.05, 3.63) is 65.2 Å². The van der Waals surface area contributed by atoms with Crippen LogP contribution in [0.1, 0.15) is 26.3 Å². The molecule has 3 N–H and O–H groups in total. The summed E-state index contributed by atoms with van der Waals surface area (Å²) >= 11 is 0. The summed E-state index contributed by atoms with van der Waals surface area (Å²) in [5.74, 6) is -1.36. The zero-order valence-corrected chi connectivity index (χ0v) is 11.2. The van der Waals surface area contributed by atoms with Crippen molar-refractivity contribution in [3.8, 4) is 5.75 Å². The Balaban J connectivity index is 1.88. The van der Waals surface area contributed by atoms with E-state index in [9.17, 15) is 14.7 Å². The molecule has 5 heteroatoms. The molecule has 108 valence electrons. The van der Waals surface area contributed by atoms with Gasteiger partial charge in [-0.3, -0.25) is 4.79 Å². The van der Waals surface area contributed by atoms with Crippen LogP contribution in [-0.4, -0.2) is 28.6 Å². The van der Waals surface area contributed by atoms with Crippen LogP contribution in [0, 0.1) is 0 Å². The summed E-state index contributed by atoms with van der Waals surface area (Å²) in [7, 11) is 0. The molecule has 0 radical (unpaired) electrons. The highest BCUT2D eigenvalue weighted by molar-refractivity contribution is 5.96. The zero-order valence-electron chi connectivity index (χ0n) is 11.2. The molecule has 2 rings (SSSR count). The maximum Gasteiger partial charge on any atom is 0.335 e. The predicted molar refractivity (Wildman–Crippen MR) is 77.5 cm³/mol. The van der Waals surface area contributed by atoms with E-state index in [2.05, 4.69) is 5.32 Å². The summed E-state index contributed by atoms with van der Waals surface area (Å²) in [5, 5.41) is 21.1. The number of para-hydroxylation sites is 1. The number of phenols is 1. The highest BCUT2D eigenvalue weighted by Gasteiger charge is 2.09. The van der Waals surface area contributed by atoms with Crippen LogP contribution in [-0.2, 0) is 6.42 Å². The molecule has 0 saturated carbocycles. The average molecular weight is 285 g/mol. The van der Waals surface area contributed by atoms with E-state index in [0.29, 0.717) is 13.0 Å². The minimum Gasteiger partial charge on any atom is -0.507 e. The first-order chi connectivity index (χ1) is 10.1. The Labute approximate surface area is 121 Å². The number of hydrogen-bond acceptors (Lipinski definition) is 3. The molecule has 0 unspecified atom stereocenters. The van der Waals surface area contributed by atoms with Gasteiger partial charge in [-0.2, -0.15) is 0 Å². The molecule has 0 spiro atoms. The molecule has 1 amide bonds. The third-order valence-electron chi connectivity index (χ3n) is 3.05. The number of carbonyl (C=O) groups excluding carboxylic acids is 1. The van der Waals surface area contributed by atoms with Crippen LogP contribution in [0.4, 0.5) is 0 Å². The SMILES string of the molecule is O=C(O)c1ccc(CCNC(=O)c2ccccc2O)cc1. The Morgan fingerprint density at radius 2 is 1.67 bits per heavy atom. The molecule has 0 saturated heterocycles. The molecular formula is C16H15NO4. The van der Waals surface area contributed by atoms with Gasteiger partial charge in [0.05, 0.1) is 11.1 Å². The molecular weight excluding hydrogens is 270 g/mol. The van der Waals surface area contributed by atoms with Crippen LogP contribution in [0.15, 0.2) is 48.5 Å². The second-order valence-electron chi connectivity index (χ2n) is 4.53. The van der Waals surface area contributed by atoms with Gasteiger partial charge in [-0.05, 0) is 36.2 Å². The zero-order chi connectivity index (χ0) is 15.2. The van der Waals surface area contributed by atoms with Gasteiger partial charge in [0.15, 0.2) is 0 Å². The number of rotatable bonds is 5. The lowest BCUT2D eigenvalue weighted by atomic mass is 10.1. The van der Waals surface area contributed by atoms with Gasteiger partial charge in [-0.25, -0.2) is 4.79 Å². The van der Waals surface area contributed by atoms with E-state index in [-0.39, 0.29) is 22.8 Å². The van der Waals surface area contributed by atoms with Crippen molar-refractivity contribution in [2.75, 3.05) is 6.54 Å². The number of carboxylic acid groups (broad SMARTS) is 1. The number of amides is 1.